The number of aliphatic hydroxyl groups is 1. The lowest BCUT2D eigenvalue weighted by Crippen LogP contribution is -2.02. The molecule has 0 aliphatic heterocycles. The Kier molecular flexibility index (Phi) is 3.59. The minimum absolute atomic E-state index is 0.616. The molecule has 82 valence electrons. The zero-order chi connectivity index (χ0) is 11.5. The van der Waals surface area contributed by atoms with Crippen LogP contribution >= 0.6 is 27.5 Å². The standard InChI is InChI=1S/C12H9BrClNO/c13-10-7-8(14)4-5-9(10)12(16)11-3-1-2-6-15-11/h1-7,12,16H/t12-/m0/s1. The van der Waals surface area contributed by atoms with Crippen molar-refractivity contribution in [3.05, 3.63) is 63.3 Å². The lowest BCUT2D eigenvalue weighted by molar-refractivity contribution is 0.214. The van der Waals surface area contributed by atoms with Gasteiger partial charge in [-0.05, 0) is 24.3 Å². The summed E-state index contributed by atoms with van der Waals surface area (Å²) < 4.78 is 0.776. The van der Waals surface area contributed by atoms with E-state index in [1.807, 2.05) is 12.1 Å². The summed E-state index contributed by atoms with van der Waals surface area (Å²) in [6, 6.07) is 10.7. The number of hydrogen-bond donors (Lipinski definition) is 1. The predicted molar refractivity (Wildman–Crippen MR) is 67.5 cm³/mol. The first-order chi connectivity index (χ1) is 7.68. The molecule has 0 radical (unpaired) electrons. The van der Waals surface area contributed by atoms with E-state index in [1.54, 1.807) is 30.5 Å². The van der Waals surface area contributed by atoms with Gasteiger partial charge in [-0.2, -0.15) is 0 Å². The van der Waals surface area contributed by atoms with Crippen LogP contribution in [0.25, 0.3) is 0 Å². The summed E-state index contributed by atoms with van der Waals surface area (Å²) in [4.78, 5) is 4.11. The number of aromatic nitrogens is 1. The highest BCUT2D eigenvalue weighted by Crippen LogP contribution is 2.29. The van der Waals surface area contributed by atoms with Crippen LogP contribution < -0.4 is 0 Å². The molecule has 1 aromatic heterocycles. The van der Waals surface area contributed by atoms with Crippen LogP contribution in [-0.2, 0) is 0 Å². The first-order valence-electron chi connectivity index (χ1n) is 4.72. The fourth-order valence-electron chi connectivity index (χ4n) is 1.42. The van der Waals surface area contributed by atoms with E-state index in [0.717, 1.165) is 10.0 Å². The molecule has 0 aliphatic rings. The summed E-state index contributed by atoms with van der Waals surface area (Å²) in [5, 5.41) is 10.8. The minimum atomic E-state index is -0.743. The van der Waals surface area contributed by atoms with Crippen molar-refractivity contribution in [1.29, 1.82) is 0 Å². The van der Waals surface area contributed by atoms with Crippen LogP contribution in [0.15, 0.2) is 47.1 Å². The van der Waals surface area contributed by atoms with Gasteiger partial charge in [-0.15, -0.1) is 0 Å². The van der Waals surface area contributed by atoms with Gasteiger partial charge in [-0.25, -0.2) is 0 Å². The molecule has 0 saturated heterocycles. The topological polar surface area (TPSA) is 33.1 Å². The fraction of sp³-hybridized carbons (Fsp3) is 0.0833. The highest BCUT2D eigenvalue weighted by molar-refractivity contribution is 9.10. The Morgan fingerprint density at radius 2 is 2.06 bits per heavy atom. The van der Waals surface area contributed by atoms with Crippen LogP contribution in [-0.4, -0.2) is 10.1 Å². The molecule has 0 unspecified atom stereocenters. The molecule has 0 fully saturated rings. The quantitative estimate of drug-likeness (QED) is 0.919. The van der Waals surface area contributed by atoms with E-state index in [0.29, 0.717) is 10.7 Å². The molecule has 0 amide bonds. The highest BCUT2D eigenvalue weighted by Gasteiger charge is 2.14. The summed E-state index contributed by atoms with van der Waals surface area (Å²) in [6.07, 6.45) is 0.912. The molecular weight excluding hydrogens is 289 g/mol. The average Bonchev–Trinajstić information content (AvgIpc) is 2.29. The van der Waals surface area contributed by atoms with Gasteiger partial charge < -0.3 is 5.11 Å². The Morgan fingerprint density at radius 3 is 2.69 bits per heavy atom. The van der Waals surface area contributed by atoms with E-state index in [9.17, 15) is 5.11 Å². The van der Waals surface area contributed by atoms with Crippen LogP contribution in [0.1, 0.15) is 17.4 Å². The van der Waals surface area contributed by atoms with Crippen molar-refractivity contribution >= 4 is 27.5 Å². The van der Waals surface area contributed by atoms with Crippen LogP contribution in [0.2, 0.25) is 5.02 Å². The monoisotopic (exact) mass is 297 g/mol. The minimum Gasteiger partial charge on any atom is -0.382 e. The van der Waals surface area contributed by atoms with Crippen LogP contribution in [0.3, 0.4) is 0 Å². The molecular formula is C12H9BrClNO. The molecule has 4 heteroatoms. The SMILES string of the molecule is O[C@H](c1ccccn1)c1ccc(Cl)cc1Br. The number of rotatable bonds is 2. The van der Waals surface area contributed by atoms with Crippen molar-refractivity contribution < 1.29 is 5.11 Å². The molecule has 0 bridgehead atoms. The maximum absolute atomic E-state index is 10.1. The van der Waals surface area contributed by atoms with E-state index < -0.39 is 6.10 Å². The Morgan fingerprint density at radius 1 is 1.25 bits per heavy atom. The molecule has 2 rings (SSSR count). The summed E-state index contributed by atoms with van der Waals surface area (Å²) in [7, 11) is 0. The molecule has 16 heavy (non-hydrogen) atoms. The van der Waals surface area contributed by atoms with Gasteiger partial charge in [0.05, 0.1) is 5.69 Å². The third-order valence-corrected chi connectivity index (χ3v) is 3.15. The lowest BCUT2D eigenvalue weighted by atomic mass is 10.1. The zero-order valence-corrected chi connectivity index (χ0v) is 10.6. The van der Waals surface area contributed by atoms with Crippen molar-refractivity contribution in [2.45, 2.75) is 6.10 Å². The van der Waals surface area contributed by atoms with Crippen molar-refractivity contribution in [2.75, 3.05) is 0 Å². The lowest BCUT2D eigenvalue weighted by Gasteiger charge is -2.12. The van der Waals surface area contributed by atoms with Crippen molar-refractivity contribution in [3.63, 3.8) is 0 Å². The predicted octanol–water partition coefficient (Wildman–Crippen LogP) is 3.58. The summed E-state index contributed by atoms with van der Waals surface area (Å²) in [5.41, 5.74) is 1.37. The van der Waals surface area contributed by atoms with Crippen molar-refractivity contribution in [1.82, 2.24) is 4.98 Å². The van der Waals surface area contributed by atoms with E-state index in [4.69, 9.17) is 11.6 Å². The molecule has 0 saturated carbocycles. The average molecular weight is 299 g/mol. The summed E-state index contributed by atoms with van der Waals surface area (Å²) in [5.74, 6) is 0. The maximum atomic E-state index is 10.1. The van der Waals surface area contributed by atoms with Gasteiger partial charge in [0, 0.05) is 21.3 Å². The molecule has 1 N–H and O–H groups in total. The normalized spacial score (nSPS) is 12.4. The maximum Gasteiger partial charge on any atom is 0.122 e. The van der Waals surface area contributed by atoms with Crippen molar-refractivity contribution in [3.8, 4) is 0 Å². The van der Waals surface area contributed by atoms with Gasteiger partial charge in [-0.1, -0.05) is 39.7 Å². The van der Waals surface area contributed by atoms with Crippen molar-refractivity contribution in [2.24, 2.45) is 0 Å². The van der Waals surface area contributed by atoms with Gasteiger partial charge >= 0.3 is 0 Å². The highest BCUT2D eigenvalue weighted by atomic mass is 79.9. The second kappa shape index (κ2) is 4.95. The van der Waals surface area contributed by atoms with E-state index in [-0.39, 0.29) is 0 Å². The van der Waals surface area contributed by atoms with Gasteiger partial charge in [0.2, 0.25) is 0 Å². The number of halogens is 2. The third-order valence-electron chi connectivity index (χ3n) is 2.23. The van der Waals surface area contributed by atoms with E-state index >= 15 is 0 Å². The molecule has 1 atom stereocenters. The van der Waals surface area contributed by atoms with Crippen LogP contribution in [0, 0.1) is 0 Å². The van der Waals surface area contributed by atoms with E-state index in [1.165, 1.54) is 0 Å². The Labute approximate surface area is 107 Å². The van der Waals surface area contributed by atoms with Gasteiger partial charge in [0.15, 0.2) is 0 Å². The van der Waals surface area contributed by atoms with Crippen LogP contribution in [0.4, 0.5) is 0 Å². The van der Waals surface area contributed by atoms with Gasteiger partial charge in [0.25, 0.3) is 0 Å². The Hall–Kier alpha value is -0.900. The Bertz CT molecular complexity index is 490. The van der Waals surface area contributed by atoms with Crippen LogP contribution in [0.5, 0.6) is 0 Å². The number of aliphatic hydroxyl groups excluding tert-OH is 1. The second-order valence-electron chi connectivity index (χ2n) is 3.32. The molecule has 0 spiro atoms. The number of hydrogen-bond acceptors (Lipinski definition) is 2. The first kappa shape index (κ1) is 11.6. The Balaban J connectivity index is 2.38. The smallest absolute Gasteiger partial charge is 0.122 e. The van der Waals surface area contributed by atoms with E-state index in [2.05, 4.69) is 20.9 Å². The fourth-order valence-corrected chi connectivity index (χ4v) is 2.32. The molecule has 2 nitrogen and oxygen atoms in total. The van der Waals surface area contributed by atoms with Gasteiger partial charge in [0.1, 0.15) is 6.10 Å². The number of benzene rings is 1. The number of pyridine rings is 1. The summed E-state index contributed by atoms with van der Waals surface area (Å²) in [6.45, 7) is 0. The first-order valence-corrected chi connectivity index (χ1v) is 5.89. The molecule has 2 aromatic rings. The number of nitrogens with zero attached hydrogens (tertiary/aromatic N) is 1. The molecule has 1 heterocycles. The van der Waals surface area contributed by atoms with Gasteiger partial charge in [-0.3, -0.25) is 4.98 Å². The molecule has 0 aliphatic carbocycles. The second-order valence-corrected chi connectivity index (χ2v) is 4.61. The molecule has 1 aromatic carbocycles. The summed E-state index contributed by atoms with van der Waals surface area (Å²) >= 11 is 9.21. The zero-order valence-electron chi connectivity index (χ0n) is 8.27. The largest absolute Gasteiger partial charge is 0.382 e. The third kappa shape index (κ3) is 2.43.